The molecule has 7 nitrogen and oxygen atoms in total. The monoisotopic (exact) mass is 289 g/mol. The van der Waals surface area contributed by atoms with E-state index in [-0.39, 0.29) is 24.6 Å². The number of rotatable bonds is 7. The van der Waals surface area contributed by atoms with Crippen molar-refractivity contribution in [3.05, 3.63) is 35.9 Å². The summed E-state index contributed by atoms with van der Waals surface area (Å²) in [6.07, 6.45) is 0.646. The van der Waals surface area contributed by atoms with Gasteiger partial charge in [-0.1, -0.05) is 30.3 Å². The Bertz CT molecular complexity index is 565. The van der Waals surface area contributed by atoms with Crippen molar-refractivity contribution >= 4 is 11.9 Å². The summed E-state index contributed by atoms with van der Waals surface area (Å²) in [5.41, 5.74) is 6.72. The molecule has 1 heterocycles. The van der Waals surface area contributed by atoms with E-state index in [1.165, 1.54) is 0 Å². The molecule has 1 atom stereocenters. The van der Waals surface area contributed by atoms with Crippen molar-refractivity contribution < 1.29 is 9.84 Å². The minimum absolute atomic E-state index is 0.0511. The first kappa shape index (κ1) is 15.0. The number of ether oxygens (including phenoxy) is 1. The van der Waals surface area contributed by atoms with Crippen LogP contribution in [0.2, 0.25) is 0 Å². The fourth-order valence-electron chi connectivity index (χ4n) is 1.87. The molecule has 0 aliphatic rings. The quantitative estimate of drug-likeness (QED) is 0.694. The SMILES string of the molecule is CCOc1nc(N)nc(NC(CO)Cc2ccccc2)n1. The van der Waals surface area contributed by atoms with Crippen LogP contribution in [0.3, 0.4) is 0 Å². The maximum atomic E-state index is 9.49. The highest BCUT2D eigenvalue weighted by atomic mass is 16.5. The molecule has 1 aromatic heterocycles. The van der Waals surface area contributed by atoms with Gasteiger partial charge < -0.3 is 20.9 Å². The third-order valence-electron chi connectivity index (χ3n) is 2.78. The zero-order valence-electron chi connectivity index (χ0n) is 11.9. The molecule has 7 heteroatoms. The van der Waals surface area contributed by atoms with Gasteiger partial charge in [-0.25, -0.2) is 0 Å². The predicted octanol–water partition coefficient (Wildman–Crippen LogP) is 0.868. The molecule has 2 aromatic rings. The minimum atomic E-state index is -0.219. The molecule has 2 rings (SSSR count). The molecule has 0 fully saturated rings. The van der Waals surface area contributed by atoms with E-state index in [0.717, 1.165) is 5.56 Å². The number of hydrogen-bond acceptors (Lipinski definition) is 7. The van der Waals surface area contributed by atoms with Gasteiger partial charge >= 0.3 is 6.01 Å². The fraction of sp³-hybridized carbons (Fsp3) is 0.357. The van der Waals surface area contributed by atoms with E-state index in [2.05, 4.69) is 20.3 Å². The van der Waals surface area contributed by atoms with Gasteiger partial charge in [0, 0.05) is 0 Å². The average molecular weight is 289 g/mol. The number of nitrogen functional groups attached to an aromatic ring is 1. The van der Waals surface area contributed by atoms with Crippen molar-refractivity contribution in [1.82, 2.24) is 15.0 Å². The van der Waals surface area contributed by atoms with Crippen LogP contribution in [-0.2, 0) is 6.42 Å². The van der Waals surface area contributed by atoms with Crippen molar-refractivity contribution in [1.29, 1.82) is 0 Å². The van der Waals surface area contributed by atoms with E-state index in [1.807, 2.05) is 37.3 Å². The Morgan fingerprint density at radius 3 is 2.67 bits per heavy atom. The first-order chi connectivity index (χ1) is 10.2. The van der Waals surface area contributed by atoms with Crippen molar-refractivity contribution in [2.75, 3.05) is 24.3 Å². The molecule has 0 radical (unpaired) electrons. The first-order valence-corrected chi connectivity index (χ1v) is 6.77. The zero-order valence-corrected chi connectivity index (χ0v) is 11.9. The van der Waals surface area contributed by atoms with Crippen LogP contribution >= 0.6 is 0 Å². The molecule has 112 valence electrons. The van der Waals surface area contributed by atoms with E-state index in [0.29, 0.717) is 19.0 Å². The normalized spacial score (nSPS) is 11.9. The van der Waals surface area contributed by atoms with Gasteiger partial charge in [-0.2, -0.15) is 15.0 Å². The Morgan fingerprint density at radius 1 is 1.24 bits per heavy atom. The molecule has 0 spiro atoms. The van der Waals surface area contributed by atoms with Gasteiger partial charge in [-0.05, 0) is 18.9 Å². The van der Waals surface area contributed by atoms with Crippen molar-refractivity contribution in [2.24, 2.45) is 0 Å². The van der Waals surface area contributed by atoms with Gasteiger partial charge in [0.05, 0.1) is 19.3 Å². The number of nitrogens with two attached hydrogens (primary N) is 1. The van der Waals surface area contributed by atoms with Crippen LogP contribution in [0.1, 0.15) is 12.5 Å². The van der Waals surface area contributed by atoms with Crippen LogP contribution in [0, 0.1) is 0 Å². The lowest BCUT2D eigenvalue weighted by Gasteiger charge is -2.16. The molecular weight excluding hydrogens is 270 g/mol. The van der Waals surface area contributed by atoms with Gasteiger partial charge in [0.1, 0.15) is 0 Å². The number of anilines is 2. The molecule has 0 aliphatic carbocycles. The lowest BCUT2D eigenvalue weighted by atomic mass is 10.1. The molecule has 21 heavy (non-hydrogen) atoms. The summed E-state index contributed by atoms with van der Waals surface area (Å²) in [5.74, 6) is 0.369. The maximum Gasteiger partial charge on any atom is 0.323 e. The second kappa shape index (κ2) is 7.39. The predicted molar refractivity (Wildman–Crippen MR) is 80.1 cm³/mol. The van der Waals surface area contributed by atoms with Crippen molar-refractivity contribution in [2.45, 2.75) is 19.4 Å². The Hall–Kier alpha value is -2.41. The summed E-state index contributed by atoms with van der Waals surface area (Å²) in [4.78, 5) is 12.0. The largest absolute Gasteiger partial charge is 0.464 e. The second-order valence-electron chi connectivity index (χ2n) is 4.45. The highest BCUT2D eigenvalue weighted by Crippen LogP contribution is 2.12. The summed E-state index contributed by atoms with van der Waals surface area (Å²) in [6, 6.07) is 9.81. The number of benzene rings is 1. The highest BCUT2D eigenvalue weighted by Gasteiger charge is 2.12. The lowest BCUT2D eigenvalue weighted by molar-refractivity contribution is 0.272. The molecule has 4 N–H and O–H groups in total. The minimum Gasteiger partial charge on any atom is -0.464 e. The Morgan fingerprint density at radius 2 is 2.00 bits per heavy atom. The van der Waals surface area contributed by atoms with E-state index < -0.39 is 0 Å². The average Bonchev–Trinajstić information content (AvgIpc) is 2.47. The smallest absolute Gasteiger partial charge is 0.323 e. The third kappa shape index (κ3) is 4.57. The molecule has 1 unspecified atom stereocenters. The second-order valence-corrected chi connectivity index (χ2v) is 4.45. The Kier molecular flexibility index (Phi) is 5.28. The standard InChI is InChI=1S/C14H19N5O2/c1-2-21-14-18-12(15)17-13(19-14)16-11(9-20)8-10-6-4-3-5-7-10/h3-7,11,20H,2,8-9H2,1H3,(H3,15,16,17,18,19). The van der Waals surface area contributed by atoms with Crippen LogP contribution in [0.4, 0.5) is 11.9 Å². The summed E-state index contributed by atoms with van der Waals surface area (Å²) in [6.45, 7) is 2.22. The number of aliphatic hydroxyl groups is 1. The van der Waals surface area contributed by atoms with Crippen LogP contribution in [0.5, 0.6) is 6.01 Å². The van der Waals surface area contributed by atoms with E-state index in [9.17, 15) is 5.11 Å². The third-order valence-corrected chi connectivity index (χ3v) is 2.78. The van der Waals surface area contributed by atoms with Crippen LogP contribution in [0.15, 0.2) is 30.3 Å². The number of aliphatic hydroxyl groups excluding tert-OH is 1. The van der Waals surface area contributed by atoms with Crippen LogP contribution in [0.25, 0.3) is 0 Å². The lowest BCUT2D eigenvalue weighted by Crippen LogP contribution is -2.27. The van der Waals surface area contributed by atoms with Gasteiger partial charge in [0.25, 0.3) is 0 Å². The summed E-state index contributed by atoms with van der Waals surface area (Å²) in [7, 11) is 0. The van der Waals surface area contributed by atoms with Crippen molar-refractivity contribution in [3.63, 3.8) is 0 Å². The summed E-state index contributed by atoms with van der Waals surface area (Å²) in [5, 5.41) is 12.5. The van der Waals surface area contributed by atoms with Gasteiger partial charge in [0.2, 0.25) is 11.9 Å². The topological polar surface area (TPSA) is 106 Å². The summed E-state index contributed by atoms with van der Waals surface area (Å²) < 4.78 is 5.22. The van der Waals surface area contributed by atoms with E-state index in [4.69, 9.17) is 10.5 Å². The number of nitrogens with zero attached hydrogens (tertiary/aromatic N) is 3. The van der Waals surface area contributed by atoms with E-state index in [1.54, 1.807) is 0 Å². The molecule has 0 bridgehead atoms. The molecule has 0 aliphatic heterocycles. The number of aromatic nitrogens is 3. The molecule has 0 saturated carbocycles. The van der Waals surface area contributed by atoms with Gasteiger partial charge in [-0.15, -0.1) is 0 Å². The highest BCUT2D eigenvalue weighted by molar-refractivity contribution is 5.34. The first-order valence-electron chi connectivity index (χ1n) is 6.77. The van der Waals surface area contributed by atoms with Gasteiger partial charge in [0.15, 0.2) is 0 Å². The molecule has 0 amide bonds. The number of nitrogens with one attached hydrogen (secondary N) is 1. The zero-order chi connectivity index (χ0) is 15.1. The number of hydrogen-bond donors (Lipinski definition) is 3. The maximum absolute atomic E-state index is 9.49. The Balaban J connectivity index is 2.07. The van der Waals surface area contributed by atoms with Gasteiger partial charge in [-0.3, -0.25) is 0 Å². The van der Waals surface area contributed by atoms with E-state index >= 15 is 0 Å². The molecule has 1 aromatic carbocycles. The molecule has 0 saturated heterocycles. The van der Waals surface area contributed by atoms with Crippen LogP contribution in [-0.4, -0.2) is 39.3 Å². The Labute approximate surface area is 123 Å². The summed E-state index contributed by atoms with van der Waals surface area (Å²) >= 11 is 0. The fourth-order valence-corrected chi connectivity index (χ4v) is 1.87. The van der Waals surface area contributed by atoms with Crippen molar-refractivity contribution in [3.8, 4) is 6.01 Å². The van der Waals surface area contributed by atoms with Crippen LogP contribution < -0.4 is 15.8 Å². The molecular formula is C14H19N5O2.